The number of urea groups is 1. The molecule has 1 aromatic carbocycles. The highest BCUT2D eigenvalue weighted by Gasteiger charge is 2.15. The van der Waals surface area contributed by atoms with Gasteiger partial charge in [0.1, 0.15) is 5.75 Å². The van der Waals surface area contributed by atoms with Crippen LogP contribution in [-0.2, 0) is 4.74 Å². The van der Waals surface area contributed by atoms with Crippen LogP contribution < -0.4 is 15.4 Å². The molecule has 0 spiro atoms. The SMILES string of the molecule is COc1cc(Cl)c(C)cc1NC(=O)NCC1CCOCC1. The van der Waals surface area contributed by atoms with E-state index in [1.165, 1.54) is 0 Å². The Hall–Kier alpha value is -1.46. The van der Waals surface area contributed by atoms with Crippen molar-refractivity contribution in [3.63, 3.8) is 0 Å². The van der Waals surface area contributed by atoms with Crippen LogP contribution in [0.2, 0.25) is 5.02 Å². The molecule has 1 aliphatic heterocycles. The largest absolute Gasteiger partial charge is 0.495 e. The molecule has 1 heterocycles. The van der Waals surface area contributed by atoms with E-state index in [-0.39, 0.29) is 6.03 Å². The first-order valence-corrected chi connectivity index (χ1v) is 7.44. The van der Waals surface area contributed by atoms with Gasteiger partial charge in [-0.3, -0.25) is 0 Å². The lowest BCUT2D eigenvalue weighted by molar-refractivity contribution is 0.0671. The molecule has 6 heteroatoms. The molecule has 1 saturated heterocycles. The molecule has 2 rings (SSSR count). The van der Waals surface area contributed by atoms with Crippen LogP contribution >= 0.6 is 11.6 Å². The number of aryl methyl sites for hydroxylation is 1. The first kappa shape index (κ1) is 15.9. The molecule has 0 saturated carbocycles. The highest BCUT2D eigenvalue weighted by molar-refractivity contribution is 6.31. The molecule has 0 aromatic heterocycles. The molecule has 1 fully saturated rings. The van der Waals surface area contributed by atoms with Crippen LogP contribution in [0, 0.1) is 12.8 Å². The van der Waals surface area contributed by atoms with Gasteiger partial charge in [0.15, 0.2) is 0 Å². The first-order valence-electron chi connectivity index (χ1n) is 7.07. The Morgan fingerprint density at radius 1 is 1.43 bits per heavy atom. The molecule has 2 N–H and O–H groups in total. The standard InChI is InChI=1S/C15H21ClN2O3/c1-10-7-13(14(20-2)8-12(10)16)18-15(19)17-9-11-3-5-21-6-4-11/h7-8,11H,3-6,9H2,1-2H3,(H2,17,18,19). The smallest absolute Gasteiger partial charge is 0.319 e. The van der Waals surface area contributed by atoms with E-state index in [9.17, 15) is 4.79 Å². The number of ether oxygens (including phenoxy) is 2. The lowest BCUT2D eigenvalue weighted by atomic mass is 10.0. The maximum Gasteiger partial charge on any atom is 0.319 e. The van der Waals surface area contributed by atoms with Gasteiger partial charge in [-0.1, -0.05) is 11.6 Å². The Balaban J connectivity index is 1.91. The summed E-state index contributed by atoms with van der Waals surface area (Å²) in [5, 5.41) is 6.31. The number of anilines is 1. The van der Waals surface area contributed by atoms with E-state index in [2.05, 4.69) is 10.6 Å². The summed E-state index contributed by atoms with van der Waals surface area (Å²) in [6, 6.07) is 3.27. The van der Waals surface area contributed by atoms with Crippen LogP contribution in [-0.4, -0.2) is 32.9 Å². The van der Waals surface area contributed by atoms with Crippen molar-refractivity contribution in [3.8, 4) is 5.75 Å². The zero-order valence-electron chi connectivity index (χ0n) is 12.4. The van der Waals surface area contributed by atoms with Crippen LogP contribution in [0.5, 0.6) is 5.75 Å². The van der Waals surface area contributed by atoms with Crippen LogP contribution in [0.1, 0.15) is 18.4 Å². The second kappa shape index (κ2) is 7.52. The van der Waals surface area contributed by atoms with E-state index >= 15 is 0 Å². The average Bonchev–Trinajstić information content (AvgIpc) is 2.49. The van der Waals surface area contributed by atoms with Gasteiger partial charge in [-0.15, -0.1) is 0 Å². The summed E-state index contributed by atoms with van der Waals surface area (Å²) in [5.41, 5.74) is 1.50. The molecule has 2 amide bonds. The molecule has 5 nitrogen and oxygen atoms in total. The van der Waals surface area contributed by atoms with Gasteiger partial charge >= 0.3 is 6.03 Å². The minimum absolute atomic E-state index is 0.235. The molecular formula is C15H21ClN2O3. The summed E-state index contributed by atoms with van der Waals surface area (Å²) in [6.07, 6.45) is 1.98. The summed E-state index contributed by atoms with van der Waals surface area (Å²) in [5.74, 6) is 1.03. The maximum atomic E-state index is 12.0. The number of carbonyl (C=O) groups excluding carboxylic acids is 1. The number of nitrogens with one attached hydrogen (secondary N) is 2. The molecule has 0 atom stereocenters. The minimum atomic E-state index is -0.235. The fraction of sp³-hybridized carbons (Fsp3) is 0.533. The van der Waals surface area contributed by atoms with Crippen molar-refractivity contribution in [3.05, 3.63) is 22.7 Å². The summed E-state index contributed by atoms with van der Waals surface area (Å²) >= 11 is 6.04. The highest BCUT2D eigenvalue weighted by atomic mass is 35.5. The fourth-order valence-corrected chi connectivity index (χ4v) is 2.44. The van der Waals surface area contributed by atoms with Crippen LogP contribution in [0.15, 0.2) is 12.1 Å². The highest BCUT2D eigenvalue weighted by Crippen LogP contribution is 2.30. The zero-order valence-corrected chi connectivity index (χ0v) is 13.1. The topological polar surface area (TPSA) is 59.6 Å². The van der Waals surface area contributed by atoms with Gasteiger partial charge < -0.3 is 20.1 Å². The molecule has 0 radical (unpaired) electrons. The molecule has 0 aliphatic carbocycles. The molecule has 0 unspecified atom stereocenters. The number of methoxy groups -OCH3 is 1. The van der Waals surface area contributed by atoms with E-state index in [0.717, 1.165) is 31.6 Å². The molecule has 116 valence electrons. The third-order valence-electron chi connectivity index (χ3n) is 3.62. The van der Waals surface area contributed by atoms with Gasteiger partial charge in [0.25, 0.3) is 0 Å². The molecule has 1 aromatic rings. The van der Waals surface area contributed by atoms with E-state index in [4.69, 9.17) is 21.1 Å². The van der Waals surface area contributed by atoms with Gasteiger partial charge in [0.05, 0.1) is 12.8 Å². The Kier molecular flexibility index (Phi) is 5.70. The molecule has 21 heavy (non-hydrogen) atoms. The van der Waals surface area contributed by atoms with E-state index in [1.807, 2.05) is 6.92 Å². The zero-order chi connectivity index (χ0) is 15.2. The van der Waals surface area contributed by atoms with E-state index in [1.54, 1.807) is 19.2 Å². The molecule has 1 aliphatic rings. The number of hydrogen-bond acceptors (Lipinski definition) is 3. The van der Waals surface area contributed by atoms with Crippen molar-refractivity contribution >= 4 is 23.3 Å². The van der Waals surface area contributed by atoms with Crippen LogP contribution in [0.25, 0.3) is 0 Å². The Morgan fingerprint density at radius 3 is 2.81 bits per heavy atom. The minimum Gasteiger partial charge on any atom is -0.495 e. The van der Waals surface area contributed by atoms with Crippen molar-refractivity contribution in [2.45, 2.75) is 19.8 Å². The summed E-state index contributed by atoms with van der Waals surface area (Å²) < 4.78 is 10.5. The van der Waals surface area contributed by atoms with Crippen molar-refractivity contribution in [1.29, 1.82) is 0 Å². The number of amides is 2. The summed E-state index contributed by atoms with van der Waals surface area (Å²) in [6.45, 7) is 4.09. The predicted molar refractivity (Wildman–Crippen MR) is 83.3 cm³/mol. The van der Waals surface area contributed by atoms with E-state index < -0.39 is 0 Å². The average molecular weight is 313 g/mol. The Bertz CT molecular complexity index is 502. The lowest BCUT2D eigenvalue weighted by Gasteiger charge is -2.22. The van der Waals surface area contributed by atoms with Gasteiger partial charge in [0.2, 0.25) is 0 Å². The van der Waals surface area contributed by atoms with Gasteiger partial charge in [-0.2, -0.15) is 0 Å². The summed E-state index contributed by atoms with van der Waals surface area (Å²) in [4.78, 5) is 12.0. The van der Waals surface area contributed by atoms with Crippen molar-refractivity contribution in [1.82, 2.24) is 5.32 Å². The molecule has 0 bridgehead atoms. The first-order chi connectivity index (χ1) is 10.1. The van der Waals surface area contributed by atoms with E-state index in [0.29, 0.717) is 28.9 Å². The van der Waals surface area contributed by atoms with Crippen molar-refractivity contribution < 1.29 is 14.3 Å². The number of carbonyl (C=O) groups is 1. The summed E-state index contributed by atoms with van der Waals surface area (Å²) in [7, 11) is 1.55. The second-order valence-electron chi connectivity index (χ2n) is 5.19. The lowest BCUT2D eigenvalue weighted by Crippen LogP contribution is -2.35. The molecular weight excluding hydrogens is 292 g/mol. The fourth-order valence-electron chi connectivity index (χ4n) is 2.28. The van der Waals surface area contributed by atoms with Crippen LogP contribution in [0.3, 0.4) is 0 Å². The third kappa shape index (κ3) is 4.51. The Labute approximate surface area is 130 Å². The van der Waals surface area contributed by atoms with Crippen molar-refractivity contribution in [2.75, 3.05) is 32.2 Å². The number of rotatable bonds is 4. The van der Waals surface area contributed by atoms with Gasteiger partial charge in [0, 0.05) is 30.8 Å². The monoisotopic (exact) mass is 312 g/mol. The predicted octanol–water partition coefficient (Wildman–Crippen LogP) is 3.21. The van der Waals surface area contributed by atoms with Gasteiger partial charge in [-0.05, 0) is 37.3 Å². The maximum absolute atomic E-state index is 12.0. The Morgan fingerprint density at radius 2 is 2.14 bits per heavy atom. The normalized spacial score (nSPS) is 15.6. The second-order valence-corrected chi connectivity index (χ2v) is 5.60. The third-order valence-corrected chi connectivity index (χ3v) is 4.03. The number of hydrogen-bond donors (Lipinski definition) is 2. The number of benzene rings is 1. The van der Waals surface area contributed by atoms with Gasteiger partial charge in [-0.25, -0.2) is 4.79 Å². The van der Waals surface area contributed by atoms with Crippen molar-refractivity contribution in [2.24, 2.45) is 5.92 Å². The number of halogens is 1. The quantitative estimate of drug-likeness (QED) is 0.897. The van der Waals surface area contributed by atoms with Crippen LogP contribution in [0.4, 0.5) is 10.5 Å².